The number of piperidine rings is 3. The minimum atomic E-state index is -2.42. The van der Waals surface area contributed by atoms with Crippen molar-refractivity contribution in [3.05, 3.63) is 0 Å². The monoisotopic (exact) mass is 1980 g/mol. The Labute approximate surface area is 857 Å². The molecule has 0 radical (unpaired) electrons. The minimum Gasteiger partial charge on any atom is -0.379 e. The van der Waals surface area contributed by atoms with Gasteiger partial charge in [-0.15, -0.1) is 0 Å². The molecule has 832 valence electrons. The molecule has 14 rings (SSSR count). The Bertz CT molecular complexity index is 2580. The number of likely N-dealkylation sites (N-methyl/N-ethyl adjacent to an activating group) is 2. The fourth-order valence-corrected chi connectivity index (χ4v) is 16.7. The zero-order valence-electron chi connectivity index (χ0n) is 99.6. The molecule has 13 aliphatic heterocycles. The van der Waals surface area contributed by atoms with Crippen LogP contribution in [-0.4, -0.2) is 450 Å². The summed E-state index contributed by atoms with van der Waals surface area (Å²) >= 11 is 0. The van der Waals surface area contributed by atoms with E-state index in [1.807, 2.05) is 34.6 Å². The van der Waals surface area contributed by atoms with E-state index in [9.17, 15) is 22.0 Å². The van der Waals surface area contributed by atoms with Crippen LogP contribution >= 0.6 is 0 Å². The third-order valence-corrected chi connectivity index (χ3v) is 28.0. The van der Waals surface area contributed by atoms with Crippen LogP contribution in [0.3, 0.4) is 0 Å². The van der Waals surface area contributed by atoms with Gasteiger partial charge in [0.2, 0.25) is 0 Å². The van der Waals surface area contributed by atoms with E-state index in [2.05, 4.69) is 327 Å². The smallest absolute Gasteiger partial charge is 0.272 e. The van der Waals surface area contributed by atoms with Crippen LogP contribution in [0.1, 0.15) is 358 Å². The quantitative estimate of drug-likeness (QED) is 0.203. The summed E-state index contributed by atoms with van der Waals surface area (Å²) in [5.41, 5.74) is 1.10. The maximum atomic E-state index is 12.6. The molecule has 0 atom stereocenters. The number of alkyl halides is 5. The first-order valence-corrected chi connectivity index (χ1v) is 56.7. The normalized spacial score (nSPS) is 22.8. The minimum absolute atomic E-state index is 0.0329. The Kier molecular flexibility index (Phi) is 76.9. The van der Waals surface area contributed by atoms with E-state index >= 15 is 0 Å². The molecule has 13 heterocycles. The number of likely N-dealkylation sites (tertiary alicyclic amines) is 6. The number of halogens is 5. The molecular weight excluding hydrogens is 1740 g/mol. The third kappa shape index (κ3) is 74.7. The number of piperazine rings is 3. The van der Waals surface area contributed by atoms with Gasteiger partial charge in [0, 0.05) is 233 Å². The summed E-state index contributed by atoms with van der Waals surface area (Å²) < 4.78 is 72.7. The predicted octanol–water partition coefficient (Wildman–Crippen LogP) is 21.3. The zero-order chi connectivity index (χ0) is 106. The lowest BCUT2D eigenvalue weighted by Crippen LogP contribution is -2.62. The van der Waals surface area contributed by atoms with Gasteiger partial charge in [-0.05, 0) is 390 Å². The van der Waals surface area contributed by atoms with Gasteiger partial charge in [-0.2, -0.15) is 0 Å². The highest BCUT2D eigenvalue weighted by atomic mass is 19.3. The molecule has 0 aromatic carbocycles. The Morgan fingerprint density at radius 1 is 0.283 bits per heavy atom. The summed E-state index contributed by atoms with van der Waals surface area (Å²) in [4.78, 5) is 38.4. The van der Waals surface area contributed by atoms with Crippen LogP contribution in [0.2, 0.25) is 0 Å². The van der Waals surface area contributed by atoms with Crippen LogP contribution in [0.4, 0.5) is 22.0 Å². The molecule has 138 heavy (non-hydrogen) atoms. The lowest BCUT2D eigenvalue weighted by Gasteiger charge is -2.47. The van der Waals surface area contributed by atoms with Gasteiger partial charge in [0.15, 0.2) is 0 Å². The van der Waals surface area contributed by atoms with Crippen LogP contribution in [0.15, 0.2) is 0 Å². The third-order valence-electron chi connectivity index (χ3n) is 28.0. The van der Waals surface area contributed by atoms with Gasteiger partial charge < -0.3 is 49.5 Å². The summed E-state index contributed by atoms with van der Waals surface area (Å²) in [5.74, 6) is -3.15. The number of nitrogens with zero attached hydrogens (tertiary/aromatic N) is 16. The van der Waals surface area contributed by atoms with Crippen LogP contribution in [-0.2, 0) is 9.47 Å². The molecule has 0 aromatic rings. The summed E-state index contributed by atoms with van der Waals surface area (Å²) in [6.07, 6.45) is 19.4. The van der Waals surface area contributed by atoms with Crippen molar-refractivity contribution in [2.45, 2.75) is 459 Å². The van der Waals surface area contributed by atoms with Crippen LogP contribution in [0, 0.1) is 11.8 Å². The lowest BCUT2D eigenvalue weighted by atomic mass is 9.99. The standard InChI is InChI=1S/C11H24N2.C10H20N2.C8H15F2N.C8H16FN.C8H18N2.2C8H17N.C7H13F2N.C7H15NO.C7H15N.C6H14N2.C6H13NO.C6H13N.C5H13N.2C4H10/c1-10(2)12-6-8-13(9-7-12)11(3,4)5;1-9(2)11-5-7-12(8-6-11)10-3-4-10;1-7(2)11-5-3-8(9,10)4-6-11;1-7(2)10-5-3-8(9)4-6-10;1-8(2)10-6-4-9(3)5-7-10;1-8(2,3)9-6-4-5-7-9;1-8(2)9-6-4-3-5-7-9;1-6(2,3)10-4-7(8,9)5-10;1-7(2)8-3-5-9-6-4-8;1-7(2,3)8-5-4-6-8;1-8-5-2-3-7-4-6-8;1-6(2)7-3-4-8-5-7;1-2-4-6-7-5-3-1;1-5(2)6(3)4;2*1-4(2)3/h10H,6-9H2,1-5H3;9-10H,3-8H2,1-2H3;7H,3-6H2,1-2H3;7-8H,3-6H2,1-2H3;8H,4-7H2,1-3H3;4-7H2,1-3H3;8H,3-7H2,1-2H3;4-5H2,1-3H3;7H,3-6H2,1-2H3;4-6H2,1-3H3;7H,2-6H2,1H3;6H,3-5H2,1-2H3;7H,1-6H2;5H,1-4H3;2*4H,1-3H3. The molecule has 13 saturated heterocycles. The molecule has 1 saturated carbocycles. The van der Waals surface area contributed by atoms with E-state index in [1.165, 1.54) is 234 Å². The Hall–Kier alpha value is -1.15. The van der Waals surface area contributed by atoms with Crippen LogP contribution in [0.5, 0.6) is 0 Å². The first-order chi connectivity index (χ1) is 64.0. The Morgan fingerprint density at radius 3 is 0.870 bits per heavy atom. The second-order valence-corrected chi connectivity index (χ2v) is 49.6. The molecule has 0 aromatic heterocycles. The van der Waals surface area contributed by atoms with Crippen molar-refractivity contribution < 1.29 is 31.4 Å². The van der Waals surface area contributed by atoms with Gasteiger partial charge in [-0.25, -0.2) is 22.0 Å². The number of morpholine rings is 1. The van der Waals surface area contributed by atoms with Crippen molar-refractivity contribution in [2.75, 3.05) is 271 Å². The molecule has 0 spiro atoms. The molecule has 0 bridgehead atoms. The number of hydrogen-bond donors (Lipinski definition) is 2. The van der Waals surface area contributed by atoms with Gasteiger partial charge in [0.25, 0.3) is 11.8 Å². The first kappa shape index (κ1) is 139. The lowest BCUT2D eigenvalue weighted by molar-refractivity contribution is -0.160. The van der Waals surface area contributed by atoms with Crippen molar-refractivity contribution >= 4 is 0 Å². The number of rotatable bonds is 10. The first-order valence-electron chi connectivity index (χ1n) is 56.7. The largest absolute Gasteiger partial charge is 0.379 e. The topological polar surface area (TPSA) is 94.4 Å². The highest BCUT2D eigenvalue weighted by Crippen LogP contribution is 2.33. The van der Waals surface area contributed by atoms with E-state index in [0.29, 0.717) is 66.0 Å². The molecular formula is C113H243F5N18O2. The van der Waals surface area contributed by atoms with Gasteiger partial charge in [-0.1, -0.05) is 60.8 Å². The van der Waals surface area contributed by atoms with E-state index in [4.69, 9.17) is 9.47 Å². The number of hydrogen-bond acceptors (Lipinski definition) is 20. The highest BCUT2D eigenvalue weighted by Gasteiger charge is 2.48. The van der Waals surface area contributed by atoms with Crippen LogP contribution in [0.25, 0.3) is 0 Å². The van der Waals surface area contributed by atoms with Crippen molar-refractivity contribution in [2.24, 2.45) is 11.8 Å². The van der Waals surface area contributed by atoms with E-state index in [-0.39, 0.29) is 31.5 Å². The summed E-state index contributed by atoms with van der Waals surface area (Å²) in [5, 5.41) is 6.68. The van der Waals surface area contributed by atoms with Crippen molar-refractivity contribution in [3.63, 3.8) is 0 Å². The summed E-state index contributed by atoms with van der Waals surface area (Å²) in [7, 11) is 8.51. The molecule has 2 N–H and O–H groups in total. The molecule has 1 aliphatic carbocycles. The number of nitrogens with one attached hydrogen (secondary N) is 2. The second-order valence-electron chi connectivity index (χ2n) is 49.6. The van der Waals surface area contributed by atoms with Crippen molar-refractivity contribution in [1.29, 1.82) is 0 Å². The van der Waals surface area contributed by atoms with Gasteiger partial charge in [0.05, 0.1) is 39.6 Å². The van der Waals surface area contributed by atoms with Gasteiger partial charge in [0.1, 0.15) is 6.17 Å². The molecule has 14 fully saturated rings. The fourth-order valence-electron chi connectivity index (χ4n) is 16.7. The maximum absolute atomic E-state index is 12.6. The maximum Gasteiger partial charge on any atom is 0.272 e. The van der Waals surface area contributed by atoms with Crippen LogP contribution < -0.4 is 10.6 Å². The Morgan fingerprint density at radius 2 is 0.572 bits per heavy atom. The van der Waals surface area contributed by atoms with E-state index < -0.39 is 18.0 Å². The van der Waals surface area contributed by atoms with E-state index in [0.717, 1.165) is 115 Å². The van der Waals surface area contributed by atoms with Crippen molar-refractivity contribution in [3.8, 4) is 0 Å². The molecule has 20 nitrogen and oxygen atoms in total. The van der Waals surface area contributed by atoms with Crippen molar-refractivity contribution in [1.82, 2.24) is 89.0 Å². The zero-order valence-corrected chi connectivity index (χ0v) is 99.6. The molecule has 0 amide bonds. The average Bonchev–Trinajstić information content (AvgIpc) is 1.24. The summed E-state index contributed by atoms with van der Waals surface area (Å²) in [6, 6.07) is 6.95. The average molecular weight is 1980 g/mol. The highest BCUT2D eigenvalue weighted by molar-refractivity contribution is 4.94. The molecule has 25 heteroatoms. The molecule has 14 aliphatic rings. The predicted molar refractivity (Wildman–Crippen MR) is 595 cm³/mol. The summed E-state index contributed by atoms with van der Waals surface area (Å²) in [6.45, 7) is 119. The molecule has 0 unspecified atom stereocenters. The Balaban J connectivity index is 0. The van der Waals surface area contributed by atoms with Gasteiger partial charge >= 0.3 is 0 Å². The SMILES string of the molecule is C1CCCNCC1.CC(C)(C)N1CC(F)(F)C1.CC(C)(C)N1CCC1.CC(C)(C)N1CCCC1.CC(C)C.CC(C)C.CC(C)N(C)C.CC(C)N1CCC(F)(F)CC1.CC(C)N1CCC(F)CC1.CC(C)N1CCCCC1.CC(C)N1CCN(C(C)(C)C)CC1.CC(C)N1CCN(C)CC1.CC(C)N1CCN(C2CC2)CC1.CC(C)N1CCOC1.CC(C)N1CCOCC1.CN1CCCNCC1. The van der Waals surface area contributed by atoms with Gasteiger partial charge in [-0.3, -0.25) is 49.0 Å². The van der Waals surface area contributed by atoms with E-state index in [1.54, 1.807) is 4.90 Å². The number of ether oxygens (including phenoxy) is 2. The second kappa shape index (κ2) is 76.4. The fraction of sp³-hybridized carbons (Fsp3) is 1.00.